The van der Waals surface area contributed by atoms with Crippen LogP contribution >= 0.6 is 22.6 Å². The molecule has 20 heavy (non-hydrogen) atoms. The predicted octanol–water partition coefficient (Wildman–Crippen LogP) is 3.60. The lowest BCUT2D eigenvalue weighted by Gasteiger charge is -2.22. The van der Waals surface area contributed by atoms with Gasteiger partial charge in [-0.05, 0) is 59.8 Å². The maximum atomic E-state index is 5.81. The predicted molar refractivity (Wildman–Crippen MR) is 90.4 cm³/mol. The molecule has 0 saturated heterocycles. The second-order valence-electron chi connectivity index (χ2n) is 5.18. The van der Waals surface area contributed by atoms with E-state index in [0.29, 0.717) is 12.0 Å². The smallest absolute Gasteiger partial charge is 0.122 e. The fourth-order valence-electron chi connectivity index (χ4n) is 2.84. The average Bonchev–Trinajstić information content (AvgIpc) is 2.91. The van der Waals surface area contributed by atoms with Crippen molar-refractivity contribution < 1.29 is 4.74 Å². The summed E-state index contributed by atoms with van der Waals surface area (Å²) in [4.78, 5) is 0. The van der Waals surface area contributed by atoms with Gasteiger partial charge in [0.05, 0.1) is 6.61 Å². The number of likely N-dealkylation sites (N-methyl/N-ethyl adjacent to an activating group) is 1. The Balaban J connectivity index is 1.79. The molecule has 2 aromatic rings. The summed E-state index contributed by atoms with van der Waals surface area (Å²) in [5, 5.41) is 3.47. The summed E-state index contributed by atoms with van der Waals surface area (Å²) in [7, 11) is 2.04. The van der Waals surface area contributed by atoms with Gasteiger partial charge in [-0.25, -0.2) is 0 Å². The quantitative estimate of drug-likeness (QED) is 0.820. The first-order chi connectivity index (χ1) is 9.78. The summed E-state index contributed by atoms with van der Waals surface area (Å²) < 4.78 is 7.09. The minimum atomic E-state index is 0.402. The molecule has 0 bridgehead atoms. The van der Waals surface area contributed by atoms with E-state index in [4.69, 9.17) is 4.74 Å². The van der Waals surface area contributed by atoms with E-state index in [9.17, 15) is 0 Å². The summed E-state index contributed by atoms with van der Waals surface area (Å²) in [6.07, 6.45) is 1.02. The molecule has 0 spiro atoms. The van der Waals surface area contributed by atoms with Gasteiger partial charge >= 0.3 is 0 Å². The number of rotatable bonds is 4. The zero-order valence-corrected chi connectivity index (χ0v) is 13.6. The molecule has 2 atom stereocenters. The molecule has 2 aromatic carbocycles. The van der Waals surface area contributed by atoms with Crippen LogP contribution in [0, 0.1) is 3.57 Å². The van der Waals surface area contributed by atoms with Crippen LogP contribution in [0.4, 0.5) is 0 Å². The molecule has 0 aliphatic carbocycles. The summed E-state index contributed by atoms with van der Waals surface area (Å²) >= 11 is 2.34. The van der Waals surface area contributed by atoms with Crippen molar-refractivity contribution in [2.24, 2.45) is 0 Å². The van der Waals surface area contributed by atoms with E-state index in [1.165, 1.54) is 14.7 Å². The molecule has 0 aromatic heterocycles. The van der Waals surface area contributed by atoms with Crippen LogP contribution in [-0.2, 0) is 6.42 Å². The van der Waals surface area contributed by atoms with Gasteiger partial charge in [0.2, 0.25) is 0 Å². The molecule has 3 rings (SSSR count). The first-order valence-electron chi connectivity index (χ1n) is 6.91. The van der Waals surface area contributed by atoms with E-state index in [-0.39, 0.29) is 0 Å². The van der Waals surface area contributed by atoms with Crippen molar-refractivity contribution in [3.05, 3.63) is 63.2 Å². The molecule has 1 N–H and O–H groups in total. The van der Waals surface area contributed by atoms with Gasteiger partial charge in [-0.3, -0.25) is 0 Å². The number of nitrogens with one attached hydrogen (secondary N) is 1. The Morgan fingerprint density at radius 2 is 1.95 bits per heavy atom. The maximum absolute atomic E-state index is 5.81. The number of halogens is 1. The van der Waals surface area contributed by atoms with Crippen molar-refractivity contribution >= 4 is 22.6 Å². The van der Waals surface area contributed by atoms with Crippen LogP contribution in [-0.4, -0.2) is 19.7 Å². The molecule has 104 valence electrons. The van der Waals surface area contributed by atoms with E-state index in [1.54, 1.807) is 0 Å². The highest BCUT2D eigenvalue weighted by molar-refractivity contribution is 14.1. The Hall–Kier alpha value is -1.07. The van der Waals surface area contributed by atoms with Gasteiger partial charge < -0.3 is 10.1 Å². The van der Waals surface area contributed by atoms with Crippen molar-refractivity contribution in [2.45, 2.75) is 18.4 Å². The van der Waals surface area contributed by atoms with Crippen molar-refractivity contribution in [1.82, 2.24) is 5.32 Å². The minimum Gasteiger partial charge on any atom is -0.493 e. The fraction of sp³-hybridized carbons (Fsp3) is 0.294. The zero-order chi connectivity index (χ0) is 13.9. The molecule has 1 heterocycles. The van der Waals surface area contributed by atoms with Crippen molar-refractivity contribution in [3.8, 4) is 5.75 Å². The number of hydrogen-bond acceptors (Lipinski definition) is 2. The van der Waals surface area contributed by atoms with Crippen LogP contribution in [0.2, 0.25) is 0 Å². The number of fused-ring (bicyclic) bond motifs is 1. The van der Waals surface area contributed by atoms with Gasteiger partial charge in [0.1, 0.15) is 5.75 Å². The molecule has 2 nitrogen and oxygen atoms in total. The average molecular weight is 379 g/mol. The second kappa shape index (κ2) is 6.14. The Morgan fingerprint density at radius 3 is 2.70 bits per heavy atom. The monoisotopic (exact) mass is 379 g/mol. The van der Waals surface area contributed by atoms with E-state index >= 15 is 0 Å². The molecule has 1 aliphatic rings. The highest BCUT2D eigenvalue weighted by atomic mass is 127. The lowest BCUT2D eigenvalue weighted by Crippen LogP contribution is -2.35. The standard InChI is InChI=1S/C17H18INO/c1-19-16(10-12-6-8-13(18)9-7-12)15-11-20-17-5-3-2-4-14(15)17/h2-9,15-16,19H,10-11H2,1H3. The number of benzene rings is 2. The SMILES string of the molecule is CNC(Cc1ccc(I)cc1)C1COc2ccccc21. The third-order valence-corrected chi connectivity index (χ3v) is 4.68. The number of ether oxygens (including phenoxy) is 1. The van der Waals surface area contributed by atoms with Crippen LogP contribution in [0.15, 0.2) is 48.5 Å². The minimum absolute atomic E-state index is 0.402. The molecule has 0 amide bonds. The van der Waals surface area contributed by atoms with Gasteiger partial charge in [-0.1, -0.05) is 30.3 Å². The van der Waals surface area contributed by atoms with Gasteiger partial charge in [0.25, 0.3) is 0 Å². The molecular weight excluding hydrogens is 361 g/mol. The lowest BCUT2D eigenvalue weighted by atomic mass is 9.89. The summed E-state index contributed by atoms with van der Waals surface area (Å²) in [6.45, 7) is 0.773. The Morgan fingerprint density at radius 1 is 1.20 bits per heavy atom. The second-order valence-corrected chi connectivity index (χ2v) is 6.43. The molecule has 3 heteroatoms. The molecule has 2 unspecified atom stereocenters. The van der Waals surface area contributed by atoms with Gasteiger partial charge in [0.15, 0.2) is 0 Å². The normalized spacial score (nSPS) is 18.4. The summed E-state index contributed by atoms with van der Waals surface area (Å²) in [6, 6.07) is 17.6. The Kier molecular flexibility index (Phi) is 4.27. The lowest BCUT2D eigenvalue weighted by molar-refractivity contribution is 0.302. The Bertz CT molecular complexity index is 582. The topological polar surface area (TPSA) is 21.3 Å². The zero-order valence-electron chi connectivity index (χ0n) is 11.5. The molecule has 0 fully saturated rings. The molecule has 0 radical (unpaired) electrons. The van der Waals surface area contributed by atoms with E-state index in [1.807, 2.05) is 13.1 Å². The van der Waals surface area contributed by atoms with E-state index in [0.717, 1.165) is 18.8 Å². The van der Waals surface area contributed by atoms with Crippen molar-refractivity contribution in [3.63, 3.8) is 0 Å². The highest BCUT2D eigenvalue weighted by Crippen LogP contribution is 2.36. The number of hydrogen-bond donors (Lipinski definition) is 1. The van der Waals surface area contributed by atoms with Crippen LogP contribution in [0.5, 0.6) is 5.75 Å². The van der Waals surface area contributed by atoms with Crippen LogP contribution in [0.25, 0.3) is 0 Å². The number of para-hydroxylation sites is 1. The van der Waals surface area contributed by atoms with Crippen LogP contribution in [0.3, 0.4) is 0 Å². The molecular formula is C17H18INO. The van der Waals surface area contributed by atoms with Crippen molar-refractivity contribution in [1.29, 1.82) is 0 Å². The first-order valence-corrected chi connectivity index (χ1v) is 7.99. The highest BCUT2D eigenvalue weighted by Gasteiger charge is 2.30. The summed E-state index contributed by atoms with van der Waals surface area (Å²) in [5.74, 6) is 1.47. The third-order valence-electron chi connectivity index (χ3n) is 3.96. The summed E-state index contributed by atoms with van der Waals surface area (Å²) in [5.41, 5.74) is 2.70. The third kappa shape index (κ3) is 2.83. The van der Waals surface area contributed by atoms with E-state index < -0.39 is 0 Å². The maximum Gasteiger partial charge on any atom is 0.122 e. The van der Waals surface area contributed by atoms with Crippen LogP contribution < -0.4 is 10.1 Å². The van der Waals surface area contributed by atoms with Gasteiger partial charge in [-0.15, -0.1) is 0 Å². The Labute approximate surface area is 133 Å². The fourth-order valence-corrected chi connectivity index (χ4v) is 3.20. The first kappa shape index (κ1) is 13.9. The van der Waals surface area contributed by atoms with Crippen molar-refractivity contribution in [2.75, 3.05) is 13.7 Å². The van der Waals surface area contributed by atoms with Gasteiger partial charge in [-0.2, -0.15) is 0 Å². The largest absolute Gasteiger partial charge is 0.493 e. The van der Waals surface area contributed by atoms with Gasteiger partial charge in [0, 0.05) is 21.1 Å². The van der Waals surface area contributed by atoms with Crippen LogP contribution in [0.1, 0.15) is 17.0 Å². The molecule has 0 saturated carbocycles. The molecule has 1 aliphatic heterocycles. The van der Waals surface area contributed by atoms with E-state index in [2.05, 4.69) is 70.4 Å².